The van der Waals surface area contributed by atoms with E-state index in [2.05, 4.69) is 38.4 Å². The van der Waals surface area contributed by atoms with E-state index in [9.17, 15) is 35.9 Å². The second-order valence-corrected chi connectivity index (χ2v) is 11.1. The van der Waals surface area contributed by atoms with E-state index in [1.54, 1.807) is 0 Å². The fourth-order valence-corrected chi connectivity index (χ4v) is 4.79. The Hall–Kier alpha value is -4.73. The molecule has 0 saturated carbocycles. The molecule has 49 heavy (non-hydrogen) atoms. The van der Waals surface area contributed by atoms with Crippen LogP contribution >= 0.6 is 0 Å². The summed E-state index contributed by atoms with van der Waals surface area (Å²) in [6.07, 6.45) is -2.83. The van der Waals surface area contributed by atoms with E-state index in [0.717, 1.165) is 49.3 Å². The summed E-state index contributed by atoms with van der Waals surface area (Å²) in [5, 5.41) is 17.5. The number of ketones is 1. The number of likely N-dealkylation sites (N-methyl/N-ethyl adjacent to an activating group) is 1. The number of nitrogens with one attached hydrogen (secondary N) is 2. The number of aromatic nitrogens is 2. The number of carbonyl (C=O) groups is 4. The molecule has 1 aliphatic rings. The van der Waals surface area contributed by atoms with E-state index in [1.807, 2.05) is 56.6 Å². The Morgan fingerprint density at radius 1 is 0.898 bits per heavy atom. The molecule has 1 amide bonds. The molecule has 3 aromatic rings. The number of H-pyrrole nitrogens is 1. The zero-order valence-electron chi connectivity index (χ0n) is 26.8. The van der Waals surface area contributed by atoms with Gasteiger partial charge in [-0.3, -0.25) is 14.5 Å². The number of carboxylic acid groups (broad SMARTS) is 2. The van der Waals surface area contributed by atoms with Crippen LogP contribution in [0.4, 0.5) is 26.3 Å². The minimum atomic E-state index is -5.08. The highest BCUT2D eigenvalue weighted by atomic mass is 19.4. The lowest BCUT2D eigenvalue weighted by Crippen LogP contribution is -2.49. The third kappa shape index (κ3) is 13.7. The Balaban J connectivity index is 0.000000500. The molecule has 0 spiro atoms. The van der Waals surface area contributed by atoms with Gasteiger partial charge in [-0.1, -0.05) is 74.4 Å². The summed E-state index contributed by atoms with van der Waals surface area (Å²) >= 11 is 0. The van der Waals surface area contributed by atoms with Crippen molar-refractivity contribution >= 4 is 23.6 Å². The number of benzene rings is 2. The van der Waals surface area contributed by atoms with Gasteiger partial charge in [0.25, 0.3) is 0 Å². The van der Waals surface area contributed by atoms with Crippen molar-refractivity contribution in [1.82, 2.24) is 20.2 Å². The molecule has 10 nitrogen and oxygen atoms in total. The summed E-state index contributed by atoms with van der Waals surface area (Å²) in [6.45, 7) is 2.68. The Labute approximate surface area is 278 Å². The summed E-state index contributed by atoms with van der Waals surface area (Å²) in [5.74, 6) is -4.39. The topological polar surface area (TPSA) is 153 Å². The van der Waals surface area contributed by atoms with Crippen LogP contribution in [0.25, 0.3) is 11.3 Å². The quantitative estimate of drug-likeness (QED) is 0.131. The number of nitrogens with zero attached hydrogens (tertiary/aromatic N) is 2. The van der Waals surface area contributed by atoms with Crippen molar-refractivity contribution < 1.29 is 55.7 Å². The van der Waals surface area contributed by atoms with Gasteiger partial charge in [-0.2, -0.15) is 26.3 Å². The molecular formula is C33H38F6N4O6. The smallest absolute Gasteiger partial charge is 0.475 e. The van der Waals surface area contributed by atoms with Crippen LogP contribution in [0.3, 0.4) is 0 Å². The average molecular weight is 701 g/mol. The lowest BCUT2D eigenvalue weighted by Gasteiger charge is -2.34. The first kappa shape index (κ1) is 40.4. The number of alkyl halides is 6. The first-order valence-corrected chi connectivity index (χ1v) is 15.2. The van der Waals surface area contributed by atoms with E-state index in [0.29, 0.717) is 25.0 Å². The van der Waals surface area contributed by atoms with Crippen molar-refractivity contribution in [3.63, 3.8) is 0 Å². The lowest BCUT2D eigenvalue weighted by molar-refractivity contribution is -0.193. The Bertz CT molecular complexity index is 1500. The first-order valence-electron chi connectivity index (χ1n) is 15.2. The van der Waals surface area contributed by atoms with Gasteiger partial charge in [-0.25, -0.2) is 14.6 Å². The molecule has 1 aliphatic heterocycles. The molecule has 1 unspecified atom stereocenters. The van der Waals surface area contributed by atoms with Gasteiger partial charge in [-0.15, -0.1) is 0 Å². The third-order valence-corrected chi connectivity index (χ3v) is 7.44. The van der Waals surface area contributed by atoms with Crippen molar-refractivity contribution in [2.45, 2.75) is 82.9 Å². The normalized spacial score (nSPS) is 15.0. The predicted molar refractivity (Wildman–Crippen MR) is 166 cm³/mol. The molecule has 0 radical (unpaired) electrons. The number of hydrogen-bond acceptors (Lipinski definition) is 6. The number of amides is 1. The number of unbranched alkanes of at least 4 members (excludes halogenated alkanes) is 2. The molecule has 0 bridgehead atoms. The molecule has 0 fully saturated rings. The van der Waals surface area contributed by atoms with Crippen LogP contribution in [0.2, 0.25) is 0 Å². The van der Waals surface area contributed by atoms with Crippen LogP contribution < -0.4 is 5.32 Å². The van der Waals surface area contributed by atoms with Crippen LogP contribution in [-0.2, 0) is 32.1 Å². The molecule has 16 heteroatoms. The average Bonchev–Trinajstić information content (AvgIpc) is 3.54. The SMILES string of the molecule is CCC(=O)CCCCC[C@H](NC(=O)C1Cc2ccccc2CN1C)c1ncc(-c2ccccc2)[nH]1.O=C(O)C(F)(F)F.O=C(O)C(F)(F)F. The van der Waals surface area contributed by atoms with E-state index < -0.39 is 24.3 Å². The minimum Gasteiger partial charge on any atom is -0.475 e. The van der Waals surface area contributed by atoms with Gasteiger partial charge in [-0.05, 0) is 43.0 Å². The second-order valence-electron chi connectivity index (χ2n) is 11.1. The van der Waals surface area contributed by atoms with E-state index >= 15 is 0 Å². The number of carbonyl (C=O) groups excluding carboxylic acids is 2. The molecule has 2 atom stereocenters. The molecule has 4 N–H and O–H groups in total. The monoisotopic (exact) mass is 700 g/mol. The highest BCUT2D eigenvalue weighted by Crippen LogP contribution is 2.26. The first-order chi connectivity index (χ1) is 22.9. The number of carboxylic acids is 2. The Kier molecular flexibility index (Phi) is 15.4. The summed E-state index contributed by atoms with van der Waals surface area (Å²) < 4.78 is 63.5. The number of Topliss-reactive ketones (excluding diaryl/α,β-unsaturated/α-hetero) is 1. The minimum absolute atomic E-state index is 0.0332. The maximum Gasteiger partial charge on any atom is 0.490 e. The van der Waals surface area contributed by atoms with Crippen molar-refractivity contribution in [3.8, 4) is 11.3 Å². The standard InChI is InChI=1S/C29H36N4O2.2C2HF3O2/c1-3-24(34)16-8-5-9-17-25(28-30-19-26(31-28)21-12-6-4-7-13-21)32-29(35)27-18-22-14-10-11-15-23(22)20-33(27)2;2*3-2(4,5)1(6)7/h4,6-7,10-15,19,25,27H,3,5,8-9,16-18,20H2,1-2H3,(H,30,31)(H,32,35);2*(H,6,7)/t25-,27?;;/m0../s1. The number of hydrogen-bond donors (Lipinski definition) is 4. The maximum absolute atomic E-state index is 13.5. The number of aromatic amines is 1. The van der Waals surface area contributed by atoms with Crippen LogP contribution in [0.1, 0.15) is 68.4 Å². The summed E-state index contributed by atoms with van der Waals surface area (Å²) in [6, 6.07) is 18.0. The zero-order valence-corrected chi connectivity index (χ0v) is 26.8. The van der Waals surface area contributed by atoms with Gasteiger partial charge in [0, 0.05) is 19.4 Å². The molecule has 2 heterocycles. The molecule has 268 valence electrons. The van der Waals surface area contributed by atoms with Crippen molar-refractivity contribution in [1.29, 1.82) is 0 Å². The maximum atomic E-state index is 13.5. The van der Waals surface area contributed by atoms with Crippen LogP contribution in [0.5, 0.6) is 0 Å². The fourth-order valence-electron chi connectivity index (χ4n) is 4.79. The van der Waals surface area contributed by atoms with E-state index in [-0.39, 0.29) is 18.0 Å². The van der Waals surface area contributed by atoms with Crippen LogP contribution in [0, 0.1) is 0 Å². The van der Waals surface area contributed by atoms with Crippen molar-refractivity contribution in [2.24, 2.45) is 0 Å². The summed E-state index contributed by atoms with van der Waals surface area (Å²) in [5.41, 5.74) is 4.54. The molecule has 4 rings (SSSR count). The summed E-state index contributed by atoms with van der Waals surface area (Å²) in [7, 11) is 2.01. The Morgan fingerprint density at radius 3 is 2.00 bits per heavy atom. The second kappa shape index (κ2) is 18.7. The molecule has 0 aliphatic carbocycles. The van der Waals surface area contributed by atoms with Crippen LogP contribution in [-0.4, -0.2) is 74.2 Å². The highest BCUT2D eigenvalue weighted by molar-refractivity contribution is 5.83. The van der Waals surface area contributed by atoms with Gasteiger partial charge in [0.05, 0.1) is 24.0 Å². The largest absolute Gasteiger partial charge is 0.490 e. The number of aliphatic carboxylic acids is 2. The third-order valence-electron chi connectivity index (χ3n) is 7.44. The van der Waals surface area contributed by atoms with Crippen molar-refractivity contribution in [3.05, 3.63) is 77.7 Å². The van der Waals surface area contributed by atoms with E-state index in [1.165, 1.54) is 11.1 Å². The van der Waals surface area contributed by atoms with Gasteiger partial charge in [0.1, 0.15) is 11.6 Å². The van der Waals surface area contributed by atoms with Crippen molar-refractivity contribution in [2.75, 3.05) is 7.05 Å². The Morgan fingerprint density at radius 2 is 1.45 bits per heavy atom. The molecule has 0 saturated heterocycles. The number of rotatable bonds is 11. The molecule has 2 aromatic carbocycles. The fraction of sp³-hybridized carbons (Fsp3) is 0.424. The van der Waals surface area contributed by atoms with Gasteiger partial charge >= 0.3 is 24.3 Å². The van der Waals surface area contributed by atoms with E-state index in [4.69, 9.17) is 19.8 Å². The van der Waals surface area contributed by atoms with Gasteiger partial charge in [0.2, 0.25) is 5.91 Å². The number of halogens is 6. The molecule has 1 aromatic heterocycles. The van der Waals surface area contributed by atoms with Gasteiger partial charge in [0.15, 0.2) is 0 Å². The van der Waals surface area contributed by atoms with Gasteiger partial charge < -0.3 is 20.5 Å². The molecular weight excluding hydrogens is 662 g/mol. The van der Waals surface area contributed by atoms with Crippen LogP contribution in [0.15, 0.2) is 60.8 Å². The summed E-state index contributed by atoms with van der Waals surface area (Å²) in [4.78, 5) is 53.1. The lowest BCUT2D eigenvalue weighted by atomic mass is 9.93. The number of fused-ring (bicyclic) bond motifs is 1. The number of imidazole rings is 1. The highest BCUT2D eigenvalue weighted by Gasteiger charge is 2.39. The zero-order chi connectivity index (χ0) is 36.8. The predicted octanol–water partition coefficient (Wildman–Crippen LogP) is 6.49.